The molecule has 0 aliphatic carbocycles. The van der Waals surface area contributed by atoms with Crippen LogP contribution in [0.2, 0.25) is 0 Å². The predicted octanol–water partition coefficient (Wildman–Crippen LogP) is 1.34. The number of nitrogens with zero attached hydrogens (tertiary/aromatic N) is 1. The minimum Gasteiger partial charge on any atom is -0.383 e. The lowest BCUT2D eigenvalue weighted by atomic mass is 10.6. The van der Waals surface area contributed by atoms with Crippen molar-refractivity contribution in [2.75, 3.05) is 26.8 Å². The van der Waals surface area contributed by atoms with Gasteiger partial charge in [0.25, 0.3) is 0 Å². The smallest absolute Gasteiger partial charge is 0.383 e. The highest BCUT2D eigenvalue weighted by Gasteiger charge is 2.29. The fraction of sp³-hybridized carbons (Fsp3) is 1.00. The maximum atomic E-state index is 11.6. The van der Waals surface area contributed by atoms with Gasteiger partial charge in [-0.05, 0) is 0 Å². The minimum absolute atomic E-state index is 0.166. The molecule has 0 amide bonds. The molecule has 0 saturated heterocycles. The van der Waals surface area contributed by atoms with Crippen molar-refractivity contribution in [3.63, 3.8) is 0 Å². The standard InChI is InChI=1S/C5H10F3NOS/c1-10-3-2-9(11)4-5(6,7)8/h11H,2-4H2,1H3. The first-order valence-electron chi connectivity index (χ1n) is 2.95. The van der Waals surface area contributed by atoms with Gasteiger partial charge >= 0.3 is 6.18 Å². The first-order valence-corrected chi connectivity index (χ1v) is 3.35. The van der Waals surface area contributed by atoms with E-state index in [2.05, 4.69) is 17.6 Å². The lowest BCUT2D eigenvalue weighted by Crippen LogP contribution is -2.29. The second kappa shape index (κ2) is 4.84. The molecule has 0 aliphatic rings. The quantitative estimate of drug-likeness (QED) is 0.670. The van der Waals surface area contributed by atoms with E-state index in [4.69, 9.17) is 0 Å². The molecule has 0 aliphatic heterocycles. The first kappa shape index (κ1) is 11.1. The van der Waals surface area contributed by atoms with Crippen molar-refractivity contribution < 1.29 is 17.9 Å². The Labute approximate surface area is 68.9 Å². The molecule has 11 heavy (non-hydrogen) atoms. The summed E-state index contributed by atoms with van der Waals surface area (Å²) in [6.07, 6.45) is -4.19. The van der Waals surface area contributed by atoms with Gasteiger partial charge in [0.05, 0.1) is 6.61 Å². The zero-order valence-electron chi connectivity index (χ0n) is 6.06. The Hall–Kier alpha value is 0.0600. The maximum absolute atomic E-state index is 11.6. The van der Waals surface area contributed by atoms with Crippen LogP contribution in [-0.4, -0.2) is 37.3 Å². The summed E-state index contributed by atoms with van der Waals surface area (Å²) in [7, 11) is 1.43. The third-order valence-corrected chi connectivity index (χ3v) is 1.26. The van der Waals surface area contributed by atoms with Gasteiger partial charge < -0.3 is 4.74 Å². The van der Waals surface area contributed by atoms with E-state index in [1.54, 1.807) is 0 Å². The Balaban J connectivity index is 3.44. The topological polar surface area (TPSA) is 12.5 Å². The summed E-state index contributed by atoms with van der Waals surface area (Å²) in [5.74, 6) is 0. The normalized spacial score (nSPS) is 12.5. The van der Waals surface area contributed by atoms with Gasteiger partial charge in [0, 0.05) is 13.7 Å². The van der Waals surface area contributed by atoms with Crippen molar-refractivity contribution in [2.24, 2.45) is 0 Å². The zero-order valence-corrected chi connectivity index (χ0v) is 6.95. The van der Waals surface area contributed by atoms with Crippen LogP contribution in [0.5, 0.6) is 0 Å². The molecule has 0 unspecified atom stereocenters. The van der Waals surface area contributed by atoms with Crippen LogP contribution in [0.3, 0.4) is 0 Å². The van der Waals surface area contributed by atoms with Crippen LogP contribution in [0.15, 0.2) is 0 Å². The van der Waals surface area contributed by atoms with Crippen molar-refractivity contribution in [2.45, 2.75) is 6.18 Å². The molecule has 0 N–H and O–H groups in total. The molecular weight excluding hydrogens is 179 g/mol. The number of thiol groups is 1. The summed E-state index contributed by atoms with van der Waals surface area (Å²) in [6, 6.07) is 0. The molecule has 0 heterocycles. The van der Waals surface area contributed by atoms with Gasteiger partial charge in [-0.25, -0.2) is 4.31 Å². The molecule has 0 aromatic carbocycles. The Morgan fingerprint density at radius 2 is 2.00 bits per heavy atom. The minimum atomic E-state index is -4.19. The predicted molar refractivity (Wildman–Crippen MR) is 38.5 cm³/mol. The number of alkyl halides is 3. The van der Waals surface area contributed by atoms with Crippen LogP contribution in [0, 0.1) is 0 Å². The van der Waals surface area contributed by atoms with Gasteiger partial charge in [0.1, 0.15) is 6.54 Å². The van der Waals surface area contributed by atoms with E-state index in [0.717, 1.165) is 4.31 Å². The second-order valence-electron chi connectivity index (χ2n) is 2.00. The fourth-order valence-corrected chi connectivity index (χ4v) is 0.725. The lowest BCUT2D eigenvalue weighted by Gasteiger charge is -2.16. The van der Waals surface area contributed by atoms with E-state index < -0.39 is 12.7 Å². The summed E-state index contributed by atoms with van der Waals surface area (Å²) in [5.41, 5.74) is 0. The fourth-order valence-electron chi connectivity index (χ4n) is 0.483. The molecule has 6 heteroatoms. The maximum Gasteiger partial charge on any atom is 0.402 e. The molecule has 0 aromatic rings. The van der Waals surface area contributed by atoms with Crippen LogP contribution in [0.1, 0.15) is 0 Å². The molecule has 0 bridgehead atoms. The Kier molecular flexibility index (Phi) is 4.87. The Bertz CT molecular complexity index is 108. The van der Waals surface area contributed by atoms with Crippen LogP contribution >= 0.6 is 12.8 Å². The van der Waals surface area contributed by atoms with E-state index in [1.165, 1.54) is 7.11 Å². The number of hydrogen-bond donors (Lipinski definition) is 1. The Morgan fingerprint density at radius 3 is 2.36 bits per heavy atom. The number of ether oxygens (including phenoxy) is 1. The van der Waals surface area contributed by atoms with Crippen molar-refractivity contribution in [1.29, 1.82) is 0 Å². The molecule has 0 fully saturated rings. The summed E-state index contributed by atoms with van der Waals surface area (Å²) >= 11 is 3.59. The third kappa shape index (κ3) is 7.96. The van der Waals surface area contributed by atoms with Crippen LogP contribution in [0.4, 0.5) is 13.2 Å². The molecule has 0 aromatic heterocycles. The monoisotopic (exact) mass is 189 g/mol. The SMILES string of the molecule is COCCN(S)CC(F)(F)F. The van der Waals surface area contributed by atoms with Gasteiger partial charge in [0.15, 0.2) is 0 Å². The molecule has 2 nitrogen and oxygen atoms in total. The van der Waals surface area contributed by atoms with Crippen LogP contribution < -0.4 is 0 Å². The van der Waals surface area contributed by atoms with E-state index in [1.807, 2.05) is 0 Å². The average Bonchev–Trinajstić information content (AvgIpc) is 1.79. The van der Waals surface area contributed by atoms with Crippen LogP contribution in [-0.2, 0) is 4.74 Å². The molecule has 0 radical (unpaired) electrons. The second-order valence-corrected chi connectivity index (χ2v) is 2.56. The zero-order chi connectivity index (χ0) is 8.91. The molecule has 0 rings (SSSR count). The Morgan fingerprint density at radius 1 is 1.45 bits per heavy atom. The molecule has 68 valence electrons. The van der Waals surface area contributed by atoms with E-state index >= 15 is 0 Å². The van der Waals surface area contributed by atoms with Crippen molar-refractivity contribution in [1.82, 2.24) is 4.31 Å². The molecule has 0 saturated carbocycles. The van der Waals surface area contributed by atoms with Crippen molar-refractivity contribution in [3.8, 4) is 0 Å². The molecule has 0 spiro atoms. The molecular formula is C5H10F3NOS. The summed E-state index contributed by atoms with van der Waals surface area (Å²) in [6.45, 7) is -0.599. The average molecular weight is 189 g/mol. The van der Waals surface area contributed by atoms with E-state index in [9.17, 15) is 13.2 Å². The highest BCUT2D eigenvalue weighted by Crippen LogP contribution is 2.16. The van der Waals surface area contributed by atoms with Crippen LogP contribution in [0.25, 0.3) is 0 Å². The largest absolute Gasteiger partial charge is 0.402 e. The van der Waals surface area contributed by atoms with Gasteiger partial charge in [-0.1, -0.05) is 12.8 Å². The van der Waals surface area contributed by atoms with Gasteiger partial charge in [0.2, 0.25) is 0 Å². The summed E-state index contributed by atoms with van der Waals surface area (Å²) < 4.78 is 40.2. The number of methoxy groups -OCH3 is 1. The van der Waals surface area contributed by atoms with Gasteiger partial charge in [-0.3, -0.25) is 0 Å². The van der Waals surface area contributed by atoms with E-state index in [0.29, 0.717) is 0 Å². The third-order valence-electron chi connectivity index (χ3n) is 0.915. The highest BCUT2D eigenvalue weighted by molar-refractivity contribution is 7.77. The van der Waals surface area contributed by atoms with Crippen molar-refractivity contribution in [3.05, 3.63) is 0 Å². The van der Waals surface area contributed by atoms with Gasteiger partial charge in [-0.2, -0.15) is 13.2 Å². The summed E-state index contributed by atoms with van der Waals surface area (Å²) in [4.78, 5) is 0. The summed E-state index contributed by atoms with van der Waals surface area (Å²) in [5, 5.41) is 0. The molecule has 0 atom stereocenters. The van der Waals surface area contributed by atoms with E-state index in [-0.39, 0.29) is 13.2 Å². The van der Waals surface area contributed by atoms with Gasteiger partial charge in [-0.15, -0.1) is 0 Å². The van der Waals surface area contributed by atoms with Crippen molar-refractivity contribution >= 4 is 12.8 Å². The highest BCUT2D eigenvalue weighted by atomic mass is 32.1. The number of halogens is 3. The number of hydrogen-bond acceptors (Lipinski definition) is 3. The number of rotatable bonds is 4. The lowest BCUT2D eigenvalue weighted by molar-refractivity contribution is -0.135. The first-order chi connectivity index (χ1) is 4.95.